The van der Waals surface area contributed by atoms with Gasteiger partial charge < -0.3 is 5.11 Å². The summed E-state index contributed by atoms with van der Waals surface area (Å²) in [5, 5.41) is 9.45. The second-order valence-electron chi connectivity index (χ2n) is 7.90. The van der Waals surface area contributed by atoms with Gasteiger partial charge >= 0.3 is 5.97 Å². The highest BCUT2D eigenvalue weighted by Crippen LogP contribution is 2.39. The zero-order valence-corrected chi connectivity index (χ0v) is 14.1. The van der Waals surface area contributed by atoms with Crippen molar-refractivity contribution in [3.8, 4) is 0 Å². The van der Waals surface area contributed by atoms with Crippen molar-refractivity contribution in [2.75, 3.05) is 24.6 Å². The lowest BCUT2D eigenvalue weighted by molar-refractivity contribution is -0.151. The fourth-order valence-corrected chi connectivity index (χ4v) is 4.95. The molecule has 2 saturated heterocycles. The molecule has 2 unspecified atom stereocenters. The molecule has 1 N–H and O–H groups in total. The normalized spacial score (nSPS) is 32.0. The molecule has 0 spiro atoms. The summed E-state index contributed by atoms with van der Waals surface area (Å²) in [6.07, 6.45) is 3.45. The summed E-state index contributed by atoms with van der Waals surface area (Å²) < 4.78 is 0. The number of carboxylic acids is 1. The Bertz CT molecular complexity index is 367. The second kappa shape index (κ2) is 5.88. The zero-order valence-electron chi connectivity index (χ0n) is 13.3. The molecule has 2 atom stereocenters. The monoisotopic (exact) mass is 299 g/mol. The van der Waals surface area contributed by atoms with Gasteiger partial charge in [0, 0.05) is 18.3 Å². The van der Waals surface area contributed by atoms with Crippen LogP contribution in [0.5, 0.6) is 0 Å². The summed E-state index contributed by atoms with van der Waals surface area (Å²) in [5.41, 5.74) is -0.182. The summed E-state index contributed by atoms with van der Waals surface area (Å²) in [6, 6.07) is 0.635. The van der Waals surface area contributed by atoms with E-state index in [1.807, 2.05) is 13.8 Å². The number of thioether (sulfide) groups is 1. The highest BCUT2D eigenvalue weighted by atomic mass is 32.2. The molecule has 0 aromatic heterocycles. The second-order valence-corrected chi connectivity index (χ2v) is 8.93. The third kappa shape index (κ3) is 3.51. The molecule has 2 heterocycles. The quantitative estimate of drug-likeness (QED) is 0.867. The van der Waals surface area contributed by atoms with E-state index in [0.29, 0.717) is 11.5 Å². The van der Waals surface area contributed by atoms with Crippen molar-refractivity contribution in [1.82, 2.24) is 4.90 Å². The fourth-order valence-electron chi connectivity index (χ4n) is 3.56. The number of rotatable bonds is 3. The van der Waals surface area contributed by atoms with Crippen LogP contribution in [-0.4, -0.2) is 46.6 Å². The maximum atomic E-state index is 11.5. The average molecular weight is 299 g/mol. The number of carbonyl (C=O) groups is 1. The highest BCUT2D eigenvalue weighted by molar-refractivity contribution is 7.99. The largest absolute Gasteiger partial charge is 0.481 e. The Hall–Kier alpha value is -0.220. The molecule has 2 aliphatic heterocycles. The molecule has 3 nitrogen and oxygen atoms in total. The van der Waals surface area contributed by atoms with Crippen LogP contribution < -0.4 is 0 Å². The van der Waals surface area contributed by atoms with E-state index in [4.69, 9.17) is 0 Å². The molecule has 20 heavy (non-hydrogen) atoms. The van der Waals surface area contributed by atoms with Crippen molar-refractivity contribution in [3.63, 3.8) is 0 Å². The number of hydrogen-bond donors (Lipinski definition) is 1. The van der Waals surface area contributed by atoms with Crippen LogP contribution in [0, 0.1) is 16.7 Å². The Morgan fingerprint density at radius 2 is 2.10 bits per heavy atom. The number of aliphatic carboxylic acids is 1. The molecule has 0 saturated carbocycles. The van der Waals surface area contributed by atoms with Gasteiger partial charge in [0.1, 0.15) is 0 Å². The van der Waals surface area contributed by atoms with Gasteiger partial charge in [0.05, 0.1) is 5.41 Å². The van der Waals surface area contributed by atoms with Gasteiger partial charge in [-0.25, -0.2) is 0 Å². The molecule has 0 amide bonds. The van der Waals surface area contributed by atoms with Crippen LogP contribution in [0.15, 0.2) is 0 Å². The van der Waals surface area contributed by atoms with Crippen molar-refractivity contribution in [1.29, 1.82) is 0 Å². The van der Waals surface area contributed by atoms with Crippen molar-refractivity contribution >= 4 is 17.7 Å². The molecular formula is C16H29NO2S. The number of hydrogen-bond acceptors (Lipinski definition) is 3. The predicted molar refractivity (Wildman–Crippen MR) is 85.2 cm³/mol. The van der Waals surface area contributed by atoms with Gasteiger partial charge in [0.25, 0.3) is 0 Å². The summed E-state index contributed by atoms with van der Waals surface area (Å²) in [4.78, 5) is 14.1. The lowest BCUT2D eigenvalue weighted by atomic mass is 9.74. The van der Waals surface area contributed by atoms with E-state index in [0.717, 1.165) is 25.9 Å². The van der Waals surface area contributed by atoms with Gasteiger partial charge in [-0.05, 0) is 56.7 Å². The van der Waals surface area contributed by atoms with Crippen molar-refractivity contribution in [3.05, 3.63) is 0 Å². The van der Waals surface area contributed by atoms with Gasteiger partial charge in [-0.15, -0.1) is 0 Å². The minimum atomic E-state index is -0.650. The first-order chi connectivity index (χ1) is 9.22. The topological polar surface area (TPSA) is 40.5 Å². The Morgan fingerprint density at radius 3 is 2.70 bits per heavy atom. The molecule has 0 aromatic carbocycles. The van der Waals surface area contributed by atoms with E-state index in [-0.39, 0.29) is 5.92 Å². The van der Waals surface area contributed by atoms with E-state index in [9.17, 15) is 9.90 Å². The van der Waals surface area contributed by atoms with Crippen LogP contribution in [0.1, 0.15) is 47.0 Å². The maximum absolute atomic E-state index is 11.5. The first kappa shape index (κ1) is 16.2. The van der Waals surface area contributed by atoms with E-state index in [2.05, 4.69) is 30.5 Å². The standard InChI is InChI=1S/C16H29NO2S/c1-15(2)8-13(10-20-11-15)17-7-5-6-12(9-17)16(3,4)14(18)19/h12-13H,5-11H2,1-4H3,(H,18,19). The first-order valence-corrected chi connectivity index (χ1v) is 8.93. The Kier molecular flexibility index (Phi) is 4.75. The summed E-state index contributed by atoms with van der Waals surface area (Å²) in [5.74, 6) is 2.09. The lowest BCUT2D eigenvalue weighted by Gasteiger charge is -2.46. The predicted octanol–water partition coefficient (Wildman–Crippen LogP) is 3.34. The zero-order chi connectivity index (χ0) is 15.0. The molecule has 2 rings (SSSR count). The summed E-state index contributed by atoms with van der Waals surface area (Å²) in [6.45, 7) is 10.6. The third-order valence-corrected chi connectivity index (χ3v) is 6.74. The van der Waals surface area contributed by atoms with Crippen LogP contribution in [0.25, 0.3) is 0 Å². The van der Waals surface area contributed by atoms with Gasteiger partial charge in [0.15, 0.2) is 0 Å². The summed E-state index contributed by atoms with van der Waals surface area (Å²) in [7, 11) is 0. The molecule has 0 bridgehead atoms. The molecular weight excluding hydrogens is 270 g/mol. The van der Waals surface area contributed by atoms with Crippen LogP contribution >= 0.6 is 11.8 Å². The number of carboxylic acid groups (broad SMARTS) is 1. The number of likely N-dealkylation sites (tertiary alicyclic amines) is 1. The molecule has 2 aliphatic rings. The van der Waals surface area contributed by atoms with Gasteiger partial charge in [-0.2, -0.15) is 11.8 Å². The van der Waals surface area contributed by atoms with Crippen LogP contribution in [-0.2, 0) is 4.79 Å². The van der Waals surface area contributed by atoms with Crippen molar-refractivity contribution < 1.29 is 9.90 Å². The summed E-state index contributed by atoms with van der Waals surface area (Å²) >= 11 is 2.06. The van der Waals surface area contributed by atoms with Gasteiger partial charge in [0.2, 0.25) is 0 Å². The van der Waals surface area contributed by atoms with Crippen LogP contribution in [0.2, 0.25) is 0 Å². The van der Waals surface area contributed by atoms with Gasteiger partial charge in [-0.1, -0.05) is 13.8 Å². The molecule has 4 heteroatoms. The fraction of sp³-hybridized carbons (Fsp3) is 0.938. The van der Waals surface area contributed by atoms with E-state index in [1.54, 1.807) is 0 Å². The Morgan fingerprint density at radius 1 is 1.40 bits per heavy atom. The Balaban J connectivity index is 2.02. The molecule has 0 aromatic rings. The minimum absolute atomic E-state index is 0.281. The highest BCUT2D eigenvalue weighted by Gasteiger charge is 2.41. The van der Waals surface area contributed by atoms with Gasteiger partial charge in [-0.3, -0.25) is 9.69 Å². The Labute approximate surface area is 127 Å². The van der Waals surface area contributed by atoms with Crippen molar-refractivity contribution in [2.45, 2.75) is 53.0 Å². The van der Waals surface area contributed by atoms with Crippen LogP contribution in [0.3, 0.4) is 0 Å². The molecule has 0 aliphatic carbocycles. The maximum Gasteiger partial charge on any atom is 0.309 e. The number of nitrogens with zero attached hydrogens (tertiary/aromatic N) is 1. The minimum Gasteiger partial charge on any atom is -0.481 e. The van der Waals surface area contributed by atoms with Crippen LogP contribution in [0.4, 0.5) is 0 Å². The molecule has 116 valence electrons. The smallest absolute Gasteiger partial charge is 0.309 e. The van der Waals surface area contributed by atoms with E-state index >= 15 is 0 Å². The van der Waals surface area contributed by atoms with E-state index < -0.39 is 11.4 Å². The average Bonchev–Trinajstić information content (AvgIpc) is 2.37. The molecule has 0 radical (unpaired) electrons. The van der Waals surface area contributed by atoms with E-state index in [1.165, 1.54) is 17.9 Å². The molecule has 2 fully saturated rings. The number of piperidine rings is 1. The van der Waals surface area contributed by atoms with Crippen molar-refractivity contribution in [2.24, 2.45) is 16.7 Å². The SMILES string of the molecule is CC1(C)CSCC(N2CCCC(C(C)(C)C(=O)O)C2)C1. The lowest BCUT2D eigenvalue weighted by Crippen LogP contribution is -2.51. The third-order valence-electron chi connectivity index (χ3n) is 5.13. The first-order valence-electron chi connectivity index (χ1n) is 7.77.